The number of aryl methyl sites for hydroxylation is 1. The number of nitrogens with zero attached hydrogens (tertiary/aromatic N) is 4. The molecule has 6 heteroatoms. The van der Waals surface area contributed by atoms with Crippen LogP contribution in [0.25, 0.3) is 0 Å². The van der Waals surface area contributed by atoms with Gasteiger partial charge in [0.25, 0.3) is 0 Å². The molecule has 0 amide bonds. The van der Waals surface area contributed by atoms with Crippen molar-refractivity contribution < 1.29 is 0 Å². The number of pyridine rings is 1. The average molecular weight is 295 g/mol. The van der Waals surface area contributed by atoms with E-state index in [1.165, 1.54) is 12.8 Å². The quantitative estimate of drug-likeness (QED) is 0.803. The van der Waals surface area contributed by atoms with Crippen molar-refractivity contribution in [2.24, 2.45) is 10.1 Å². The molecule has 100 valence electrons. The van der Waals surface area contributed by atoms with Crippen LogP contribution < -0.4 is 4.80 Å². The van der Waals surface area contributed by atoms with Crippen molar-refractivity contribution in [2.75, 3.05) is 0 Å². The minimum Gasteiger partial charge on any atom is -0.264 e. The van der Waals surface area contributed by atoms with Crippen molar-refractivity contribution in [3.8, 4) is 0 Å². The zero-order valence-corrected chi connectivity index (χ0v) is 12.2. The van der Waals surface area contributed by atoms with Crippen molar-refractivity contribution >= 4 is 30.0 Å². The van der Waals surface area contributed by atoms with E-state index in [2.05, 4.69) is 20.5 Å². The third kappa shape index (κ3) is 3.52. The van der Waals surface area contributed by atoms with E-state index in [0.29, 0.717) is 6.04 Å². The second-order valence-corrected chi connectivity index (χ2v) is 5.20. The number of halogens is 1. The molecule has 0 aliphatic heterocycles. The first-order valence-corrected chi connectivity index (χ1v) is 6.86. The Morgan fingerprint density at radius 2 is 2.32 bits per heavy atom. The summed E-state index contributed by atoms with van der Waals surface area (Å²) in [7, 11) is 0. The Hall–Kier alpha value is -1.46. The fourth-order valence-electron chi connectivity index (χ4n) is 1.55. The van der Waals surface area contributed by atoms with E-state index >= 15 is 0 Å². The van der Waals surface area contributed by atoms with Gasteiger partial charge in [0.1, 0.15) is 0 Å². The molecule has 0 atom stereocenters. The molecule has 0 unspecified atom stereocenters. The third-order valence-electron chi connectivity index (χ3n) is 2.70. The molecule has 1 aliphatic rings. The summed E-state index contributed by atoms with van der Waals surface area (Å²) in [6, 6.07) is 4.40. The van der Waals surface area contributed by atoms with Crippen LogP contribution in [0.4, 0.5) is 0 Å². The molecule has 2 aromatic rings. The minimum absolute atomic E-state index is 0. The largest absolute Gasteiger partial charge is 0.264 e. The number of hydrogen-bond acceptors (Lipinski definition) is 4. The molecule has 0 bridgehead atoms. The van der Waals surface area contributed by atoms with E-state index in [4.69, 9.17) is 0 Å². The molecular formula is C13H15ClN4S. The first-order valence-electron chi connectivity index (χ1n) is 5.98. The number of aromatic nitrogens is 2. The van der Waals surface area contributed by atoms with Crippen molar-refractivity contribution in [3.05, 3.63) is 46.0 Å². The molecule has 0 spiro atoms. The van der Waals surface area contributed by atoms with Gasteiger partial charge in [-0.3, -0.25) is 9.98 Å². The monoisotopic (exact) mass is 294 g/mol. The Bertz CT molecular complexity index is 626. The molecule has 3 rings (SSSR count). The van der Waals surface area contributed by atoms with Gasteiger partial charge in [-0.1, -0.05) is 6.07 Å². The maximum absolute atomic E-state index is 4.66. The smallest absolute Gasteiger partial charge is 0.206 e. The third-order valence-corrected chi connectivity index (χ3v) is 3.64. The lowest BCUT2D eigenvalue weighted by atomic mass is 10.3. The Balaban J connectivity index is 0.00000133. The normalized spacial score (nSPS) is 15.7. The van der Waals surface area contributed by atoms with Gasteiger partial charge in [-0.05, 0) is 25.8 Å². The van der Waals surface area contributed by atoms with E-state index in [0.717, 1.165) is 16.1 Å². The zero-order chi connectivity index (χ0) is 12.4. The van der Waals surface area contributed by atoms with E-state index in [1.54, 1.807) is 23.7 Å². The van der Waals surface area contributed by atoms with E-state index in [-0.39, 0.29) is 12.4 Å². The summed E-state index contributed by atoms with van der Waals surface area (Å²) in [4.78, 5) is 9.70. The van der Waals surface area contributed by atoms with Crippen LogP contribution in [0.5, 0.6) is 0 Å². The van der Waals surface area contributed by atoms with Crippen LogP contribution in [-0.4, -0.2) is 21.9 Å². The summed E-state index contributed by atoms with van der Waals surface area (Å²) in [5, 5.41) is 6.57. The molecule has 0 N–H and O–H groups in total. The summed E-state index contributed by atoms with van der Waals surface area (Å²) in [5.74, 6) is 0. The highest BCUT2D eigenvalue weighted by Crippen LogP contribution is 2.22. The van der Waals surface area contributed by atoms with Crippen LogP contribution in [0.3, 0.4) is 0 Å². The highest BCUT2D eigenvalue weighted by atomic mass is 35.5. The molecule has 1 saturated carbocycles. The van der Waals surface area contributed by atoms with Gasteiger partial charge in [0.05, 0.1) is 18.0 Å². The van der Waals surface area contributed by atoms with Crippen LogP contribution in [-0.2, 0) is 0 Å². The van der Waals surface area contributed by atoms with E-state index in [9.17, 15) is 0 Å². The number of thiazole rings is 1. The Labute approximate surface area is 122 Å². The fraction of sp³-hybridized carbons (Fsp3) is 0.308. The number of rotatable bonds is 3. The van der Waals surface area contributed by atoms with E-state index in [1.807, 2.05) is 29.9 Å². The van der Waals surface area contributed by atoms with Crippen molar-refractivity contribution in [3.63, 3.8) is 0 Å². The van der Waals surface area contributed by atoms with Gasteiger partial charge in [0, 0.05) is 23.3 Å². The molecule has 1 aliphatic carbocycles. The summed E-state index contributed by atoms with van der Waals surface area (Å²) in [6.07, 6.45) is 7.79. The number of hydrogen-bond donors (Lipinski definition) is 0. The summed E-state index contributed by atoms with van der Waals surface area (Å²) in [5.41, 5.74) is 2.10. The molecule has 19 heavy (non-hydrogen) atoms. The first kappa shape index (κ1) is 14.0. The highest BCUT2D eigenvalue weighted by Gasteiger charge is 2.20. The Kier molecular flexibility index (Phi) is 4.50. The van der Waals surface area contributed by atoms with Gasteiger partial charge < -0.3 is 0 Å². The molecule has 0 radical (unpaired) electrons. The van der Waals surface area contributed by atoms with Crippen LogP contribution in [0, 0.1) is 6.92 Å². The minimum atomic E-state index is 0. The van der Waals surface area contributed by atoms with Crippen LogP contribution >= 0.6 is 23.7 Å². The fourth-order valence-corrected chi connectivity index (χ4v) is 2.43. The first-order chi connectivity index (χ1) is 8.83. The second-order valence-electron chi connectivity index (χ2n) is 4.36. The predicted molar refractivity (Wildman–Crippen MR) is 80.1 cm³/mol. The van der Waals surface area contributed by atoms with Gasteiger partial charge in [0.2, 0.25) is 4.80 Å². The van der Waals surface area contributed by atoms with Gasteiger partial charge in [-0.25, -0.2) is 4.68 Å². The summed E-state index contributed by atoms with van der Waals surface area (Å²) in [6.45, 7) is 2.04. The molecular weight excluding hydrogens is 280 g/mol. The van der Waals surface area contributed by atoms with Crippen LogP contribution in [0.2, 0.25) is 0 Å². The van der Waals surface area contributed by atoms with Crippen LogP contribution in [0.1, 0.15) is 24.1 Å². The molecule has 0 saturated heterocycles. The average Bonchev–Trinajstić information content (AvgIpc) is 3.14. The van der Waals surface area contributed by atoms with Gasteiger partial charge in [-0.15, -0.1) is 23.7 Å². The van der Waals surface area contributed by atoms with Crippen LogP contribution in [0.15, 0.2) is 40.0 Å². The Morgan fingerprint density at radius 3 is 3.00 bits per heavy atom. The Morgan fingerprint density at radius 1 is 1.47 bits per heavy atom. The van der Waals surface area contributed by atoms with Crippen molar-refractivity contribution in [1.29, 1.82) is 0 Å². The molecule has 4 nitrogen and oxygen atoms in total. The standard InChI is InChI=1S/C13H14N4S.ClH/c1-10-9-18-13(16-12-4-5-12)17(10)15-8-11-3-2-6-14-7-11;/h2-3,6-9,12H,4-5H2,1H3;1H/b15-8+,16-13?;. The lowest BCUT2D eigenvalue weighted by Crippen LogP contribution is -2.13. The lowest BCUT2D eigenvalue weighted by molar-refractivity contribution is 0.786. The van der Waals surface area contributed by atoms with Gasteiger partial charge >= 0.3 is 0 Å². The summed E-state index contributed by atoms with van der Waals surface area (Å²) >= 11 is 1.65. The molecule has 2 aromatic heterocycles. The molecule has 1 fully saturated rings. The van der Waals surface area contributed by atoms with Crippen molar-refractivity contribution in [2.45, 2.75) is 25.8 Å². The van der Waals surface area contributed by atoms with Crippen molar-refractivity contribution in [1.82, 2.24) is 9.66 Å². The van der Waals surface area contributed by atoms with E-state index < -0.39 is 0 Å². The SMILES string of the molecule is Cc1csc(=NC2CC2)n1/N=C/c1cccnc1.Cl. The maximum Gasteiger partial charge on any atom is 0.206 e. The predicted octanol–water partition coefficient (Wildman–Crippen LogP) is 2.62. The molecule has 2 heterocycles. The lowest BCUT2D eigenvalue weighted by Gasteiger charge is -1.97. The summed E-state index contributed by atoms with van der Waals surface area (Å²) < 4.78 is 1.90. The molecule has 0 aromatic carbocycles. The van der Waals surface area contributed by atoms with Gasteiger partial charge in [-0.2, -0.15) is 5.10 Å². The topological polar surface area (TPSA) is 42.5 Å². The second kappa shape index (κ2) is 6.12. The van der Waals surface area contributed by atoms with Gasteiger partial charge in [0.15, 0.2) is 0 Å². The zero-order valence-electron chi connectivity index (χ0n) is 10.6. The highest BCUT2D eigenvalue weighted by molar-refractivity contribution is 7.07. The maximum atomic E-state index is 4.66.